The zero-order valence-corrected chi connectivity index (χ0v) is 10.8. The van der Waals surface area contributed by atoms with Crippen molar-refractivity contribution in [3.8, 4) is 5.75 Å². The predicted molar refractivity (Wildman–Crippen MR) is 68.1 cm³/mol. The van der Waals surface area contributed by atoms with Crippen molar-refractivity contribution in [3.63, 3.8) is 0 Å². The number of hydrogen-bond acceptors (Lipinski definition) is 4. The molecule has 18 heavy (non-hydrogen) atoms. The number of aliphatic imine (C=N–C) groups is 1. The van der Waals surface area contributed by atoms with Crippen LogP contribution in [0.15, 0.2) is 29.3 Å². The molecule has 1 saturated heterocycles. The molecule has 2 aliphatic rings. The Kier molecular flexibility index (Phi) is 2.55. The quantitative estimate of drug-likeness (QED) is 0.770. The first-order valence-electron chi connectivity index (χ1n) is 6.11. The van der Waals surface area contributed by atoms with Crippen LogP contribution in [0.25, 0.3) is 0 Å². The third-order valence-corrected chi connectivity index (χ3v) is 3.17. The van der Waals surface area contributed by atoms with E-state index in [2.05, 4.69) is 18.8 Å². The third kappa shape index (κ3) is 2.08. The molecular formula is C14H17NO3. The smallest absolute Gasteiger partial charge is 0.217 e. The largest absolute Gasteiger partial charge is 0.497 e. The van der Waals surface area contributed by atoms with E-state index in [1.54, 1.807) is 7.11 Å². The predicted octanol–water partition coefficient (Wildman–Crippen LogP) is 2.34. The van der Waals surface area contributed by atoms with Crippen LogP contribution in [0.3, 0.4) is 0 Å². The Bertz CT molecular complexity index is 478. The van der Waals surface area contributed by atoms with Crippen LogP contribution in [-0.4, -0.2) is 31.3 Å². The zero-order valence-electron chi connectivity index (χ0n) is 10.8. The van der Waals surface area contributed by atoms with E-state index in [0.717, 1.165) is 17.2 Å². The van der Waals surface area contributed by atoms with Gasteiger partial charge in [0.1, 0.15) is 18.5 Å². The van der Waals surface area contributed by atoms with E-state index in [4.69, 9.17) is 14.2 Å². The molecule has 2 heterocycles. The first-order chi connectivity index (χ1) is 8.59. The van der Waals surface area contributed by atoms with Crippen molar-refractivity contribution in [1.29, 1.82) is 0 Å². The molecule has 0 unspecified atom stereocenters. The first kappa shape index (κ1) is 11.5. The number of benzene rings is 1. The van der Waals surface area contributed by atoms with Crippen LogP contribution in [0.5, 0.6) is 5.75 Å². The Hall–Kier alpha value is -1.55. The Labute approximate surface area is 107 Å². The molecule has 0 saturated carbocycles. The van der Waals surface area contributed by atoms with E-state index in [1.165, 1.54) is 0 Å². The number of ether oxygens (including phenoxy) is 3. The summed E-state index contributed by atoms with van der Waals surface area (Å²) in [5.74, 6) is 1.59. The maximum absolute atomic E-state index is 5.66. The minimum Gasteiger partial charge on any atom is -0.497 e. The summed E-state index contributed by atoms with van der Waals surface area (Å²) in [7, 11) is 1.66. The third-order valence-electron chi connectivity index (χ3n) is 3.17. The van der Waals surface area contributed by atoms with E-state index in [1.807, 2.05) is 24.3 Å². The monoisotopic (exact) mass is 247 g/mol. The Morgan fingerprint density at radius 2 is 1.94 bits per heavy atom. The lowest BCUT2D eigenvalue weighted by atomic mass is 10.1. The number of epoxide rings is 1. The lowest BCUT2D eigenvalue weighted by molar-refractivity contribution is 0.266. The fourth-order valence-corrected chi connectivity index (χ4v) is 2.11. The van der Waals surface area contributed by atoms with Gasteiger partial charge in [-0.25, -0.2) is 4.99 Å². The number of methoxy groups -OCH3 is 1. The fraction of sp³-hybridized carbons (Fsp3) is 0.500. The molecule has 2 atom stereocenters. The highest BCUT2D eigenvalue weighted by Crippen LogP contribution is 2.42. The van der Waals surface area contributed by atoms with Gasteiger partial charge in [-0.15, -0.1) is 0 Å². The zero-order chi connectivity index (χ0) is 12.8. The molecule has 1 aromatic rings. The second-order valence-electron chi connectivity index (χ2n) is 5.30. The molecule has 2 aliphatic heterocycles. The summed E-state index contributed by atoms with van der Waals surface area (Å²) >= 11 is 0. The topological polar surface area (TPSA) is 43.3 Å². The Balaban J connectivity index is 1.70. The molecule has 0 aromatic heterocycles. The lowest BCUT2D eigenvalue weighted by Gasteiger charge is -2.07. The van der Waals surface area contributed by atoms with Crippen LogP contribution in [0.2, 0.25) is 0 Å². The van der Waals surface area contributed by atoms with Gasteiger partial charge in [0, 0.05) is 0 Å². The summed E-state index contributed by atoms with van der Waals surface area (Å²) in [6, 6.07) is 7.92. The minimum atomic E-state index is -0.119. The summed E-state index contributed by atoms with van der Waals surface area (Å²) in [6.07, 6.45) is 0.0590. The highest BCUT2D eigenvalue weighted by molar-refractivity contribution is 5.85. The van der Waals surface area contributed by atoms with Crippen molar-refractivity contribution in [2.24, 2.45) is 4.99 Å². The normalized spacial score (nSPS) is 28.5. The molecule has 1 aromatic carbocycles. The van der Waals surface area contributed by atoms with Gasteiger partial charge in [0.25, 0.3) is 0 Å². The van der Waals surface area contributed by atoms with Gasteiger partial charge in [0.2, 0.25) is 5.90 Å². The lowest BCUT2D eigenvalue weighted by Crippen LogP contribution is -2.17. The molecule has 0 bridgehead atoms. The number of nitrogens with zero attached hydrogens (tertiary/aromatic N) is 1. The molecule has 3 rings (SSSR count). The SMILES string of the molecule is COc1ccc([C@H]2O[C@H]2C2=NC(C)(C)CO2)cc1. The van der Waals surface area contributed by atoms with Crippen molar-refractivity contribution >= 4 is 5.90 Å². The fourth-order valence-electron chi connectivity index (χ4n) is 2.11. The van der Waals surface area contributed by atoms with Gasteiger partial charge in [0.05, 0.1) is 12.6 Å². The van der Waals surface area contributed by atoms with Crippen LogP contribution < -0.4 is 4.74 Å². The average Bonchev–Trinajstić information content (AvgIpc) is 3.08. The highest BCUT2D eigenvalue weighted by atomic mass is 16.6. The second kappa shape index (κ2) is 3.99. The second-order valence-corrected chi connectivity index (χ2v) is 5.30. The van der Waals surface area contributed by atoms with E-state index in [0.29, 0.717) is 6.61 Å². The average molecular weight is 247 g/mol. The molecule has 0 radical (unpaired) electrons. The van der Waals surface area contributed by atoms with Crippen LogP contribution >= 0.6 is 0 Å². The molecule has 0 amide bonds. The number of rotatable bonds is 3. The van der Waals surface area contributed by atoms with Crippen molar-refractivity contribution in [1.82, 2.24) is 0 Å². The Morgan fingerprint density at radius 1 is 1.22 bits per heavy atom. The molecule has 1 fully saturated rings. The summed E-state index contributed by atoms with van der Waals surface area (Å²) in [4.78, 5) is 4.54. The van der Waals surface area contributed by atoms with Gasteiger partial charge in [-0.1, -0.05) is 12.1 Å². The van der Waals surface area contributed by atoms with Crippen LogP contribution in [0.4, 0.5) is 0 Å². The van der Waals surface area contributed by atoms with Crippen molar-refractivity contribution in [3.05, 3.63) is 29.8 Å². The molecular weight excluding hydrogens is 230 g/mol. The molecule has 0 aliphatic carbocycles. The summed E-state index contributed by atoms with van der Waals surface area (Å²) in [5.41, 5.74) is 1.02. The number of hydrogen-bond donors (Lipinski definition) is 0. The molecule has 4 heteroatoms. The van der Waals surface area contributed by atoms with Crippen LogP contribution in [-0.2, 0) is 9.47 Å². The van der Waals surface area contributed by atoms with Crippen LogP contribution in [0, 0.1) is 0 Å². The summed E-state index contributed by atoms with van der Waals surface area (Å²) in [6.45, 7) is 4.76. The van der Waals surface area contributed by atoms with Gasteiger partial charge in [-0.3, -0.25) is 0 Å². The van der Waals surface area contributed by atoms with Gasteiger partial charge < -0.3 is 14.2 Å². The van der Waals surface area contributed by atoms with Crippen molar-refractivity contribution in [2.75, 3.05) is 13.7 Å². The van der Waals surface area contributed by atoms with E-state index in [9.17, 15) is 0 Å². The summed E-state index contributed by atoms with van der Waals surface area (Å²) in [5, 5.41) is 0. The van der Waals surface area contributed by atoms with Gasteiger partial charge in [-0.2, -0.15) is 0 Å². The van der Waals surface area contributed by atoms with E-state index >= 15 is 0 Å². The van der Waals surface area contributed by atoms with E-state index < -0.39 is 0 Å². The van der Waals surface area contributed by atoms with Gasteiger partial charge >= 0.3 is 0 Å². The van der Waals surface area contributed by atoms with Gasteiger partial charge in [-0.05, 0) is 31.5 Å². The maximum atomic E-state index is 5.66. The van der Waals surface area contributed by atoms with Crippen LogP contribution in [0.1, 0.15) is 25.5 Å². The molecule has 0 spiro atoms. The summed E-state index contributed by atoms with van der Waals surface area (Å²) < 4.78 is 16.4. The highest BCUT2D eigenvalue weighted by Gasteiger charge is 2.48. The molecule has 0 N–H and O–H groups in total. The molecule has 4 nitrogen and oxygen atoms in total. The Morgan fingerprint density at radius 3 is 2.50 bits per heavy atom. The van der Waals surface area contributed by atoms with Crippen molar-refractivity contribution in [2.45, 2.75) is 31.6 Å². The first-order valence-corrected chi connectivity index (χ1v) is 6.11. The maximum Gasteiger partial charge on any atom is 0.217 e. The minimum absolute atomic E-state index is 0.0137. The van der Waals surface area contributed by atoms with Gasteiger partial charge in [0.15, 0.2) is 6.10 Å². The molecule has 96 valence electrons. The standard InChI is InChI=1S/C14H17NO3/c1-14(2)8-17-13(15-14)12-11(18-12)9-4-6-10(16-3)7-5-9/h4-7,11-12H,8H2,1-3H3/t11-,12-/m1/s1. The van der Waals surface area contributed by atoms with Crippen molar-refractivity contribution < 1.29 is 14.2 Å². The van der Waals surface area contributed by atoms with E-state index in [-0.39, 0.29) is 17.7 Å².